The minimum Gasteiger partial charge on any atom is -0.496 e. The Bertz CT molecular complexity index is 1600. The molecule has 1 heterocycles. The molecule has 3 N–H and O–H groups in total. The number of ether oxygens (including phenoxy) is 1. The summed E-state index contributed by atoms with van der Waals surface area (Å²) in [5, 5.41) is 7.95. The lowest BCUT2D eigenvalue weighted by Gasteiger charge is -2.35. The quantitative estimate of drug-likeness (QED) is 0.312. The second-order valence-corrected chi connectivity index (χ2v) is 13.6. The van der Waals surface area contributed by atoms with Crippen LogP contribution in [0.4, 0.5) is 21.9 Å². The molecule has 0 bridgehead atoms. The standard InChI is InChI=1S/C31H42N6O8S/c1-8-32-25(38)18-36-27(40)14-15-35(30(36)42)22-16-23(28(45-6)24(17-22)31(3,4)5)29(41)34-20-10-12-21(13-11-20)37(46(7,43)44)19-26(39)33-9-2/h10-13,16-17H,8-9,14-15,18-19H2,1-7H3,(H,32,38)(H,33,39)(H,34,41). The first-order chi connectivity index (χ1) is 21.5. The summed E-state index contributed by atoms with van der Waals surface area (Å²) >= 11 is 0. The van der Waals surface area contributed by atoms with Gasteiger partial charge >= 0.3 is 6.03 Å². The number of nitrogens with zero attached hydrogens (tertiary/aromatic N) is 3. The molecule has 3 rings (SSSR count). The molecule has 0 aromatic heterocycles. The number of methoxy groups -OCH3 is 1. The van der Waals surface area contributed by atoms with Crippen LogP contribution in [0.3, 0.4) is 0 Å². The molecule has 0 saturated carbocycles. The normalized spacial score (nSPS) is 13.7. The number of rotatable bonds is 12. The van der Waals surface area contributed by atoms with Crippen molar-refractivity contribution in [3.05, 3.63) is 47.5 Å². The maximum Gasteiger partial charge on any atom is 0.331 e. The van der Waals surface area contributed by atoms with Gasteiger partial charge in [-0.3, -0.25) is 33.3 Å². The van der Waals surface area contributed by atoms with Crippen LogP contribution < -0.4 is 29.9 Å². The van der Waals surface area contributed by atoms with Crippen molar-refractivity contribution in [3.63, 3.8) is 0 Å². The van der Waals surface area contributed by atoms with E-state index in [1.54, 1.807) is 19.9 Å². The van der Waals surface area contributed by atoms with Gasteiger partial charge < -0.3 is 20.7 Å². The Morgan fingerprint density at radius 2 is 1.59 bits per heavy atom. The molecule has 1 fully saturated rings. The lowest BCUT2D eigenvalue weighted by atomic mass is 9.84. The second-order valence-electron chi connectivity index (χ2n) is 11.7. The molecule has 0 spiro atoms. The number of imide groups is 1. The Morgan fingerprint density at radius 3 is 2.13 bits per heavy atom. The van der Waals surface area contributed by atoms with Crippen LogP contribution in [-0.4, -0.2) is 89.1 Å². The largest absolute Gasteiger partial charge is 0.496 e. The number of carbonyl (C=O) groups is 5. The lowest BCUT2D eigenvalue weighted by molar-refractivity contribution is -0.133. The number of nitrogens with one attached hydrogen (secondary N) is 3. The lowest BCUT2D eigenvalue weighted by Crippen LogP contribution is -2.55. The van der Waals surface area contributed by atoms with Crippen molar-refractivity contribution in [2.24, 2.45) is 0 Å². The summed E-state index contributed by atoms with van der Waals surface area (Å²) in [7, 11) is -2.35. The molecule has 1 saturated heterocycles. The van der Waals surface area contributed by atoms with Gasteiger partial charge in [0.2, 0.25) is 27.7 Å². The fourth-order valence-corrected chi connectivity index (χ4v) is 5.75. The average Bonchev–Trinajstić information content (AvgIpc) is 2.97. The van der Waals surface area contributed by atoms with E-state index in [1.807, 2.05) is 20.8 Å². The summed E-state index contributed by atoms with van der Waals surface area (Å²) in [5.41, 5.74) is 1.12. The van der Waals surface area contributed by atoms with E-state index in [0.717, 1.165) is 15.5 Å². The molecule has 2 aromatic carbocycles. The molecular formula is C31H42N6O8S. The van der Waals surface area contributed by atoms with Crippen molar-refractivity contribution in [1.29, 1.82) is 0 Å². The summed E-state index contributed by atoms with van der Waals surface area (Å²) in [6.07, 6.45) is 0.983. The topological polar surface area (TPSA) is 175 Å². The van der Waals surface area contributed by atoms with Gasteiger partial charge in [0.05, 0.1) is 24.6 Å². The van der Waals surface area contributed by atoms with Crippen LogP contribution in [-0.2, 0) is 29.8 Å². The van der Waals surface area contributed by atoms with E-state index in [-0.39, 0.29) is 30.0 Å². The second kappa shape index (κ2) is 14.6. The predicted molar refractivity (Wildman–Crippen MR) is 175 cm³/mol. The Kier molecular flexibility index (Phi) is 11.4. The molecule has 250 valence electrons. The fraction of sp³-hybridized carbons (Fsp3) is 0.452. The number of likely N-dealkylation sites (N-methyl/N-ethyl adjacent to an activating group) is 2. The number of hydrogen-bond acceptors (Lipinski definition) is 8. The minimum atomic E-state index is -3.79. The fourth-order valence-electron chi connectivity index (χ4n) is 4.89. The van der Waals surface area contributed by atoms with Gasteiger partial charge in [-0.05, 0) is 55.7 Å². The van der Waals surface area contributed by atoms with Crippen LogP contribution in [0.2, 0.25) is 0 Å². The van der Waals surface area contributed by atoms with Crippen LogP contribution in [0.15, 0.2) is 36.4 Å². The Balaban J connectivity index is 1.98. The van der Waals surface area contributed by atoms with Gasteiger partial charge in [0.1, 0.15) is 18.8 Å². The van der Waals surface area contributed by atoms with Crippen molar-refractivity contribution in [2.75, 3.05) is 60.6 Å². The van der Waals surface area contributed by atoms with Gasteiger partial charge in [0.25, 0.3) is 5.91 Å². The number of sulfonamides is 1. The van der Waals surface area contributed by atoms with Crippen molar-refractivity contribution in [1.82, 2.24) is 15.5 Å². The highest BCUT2D eigenvalue weighted by Gasteiger charge is 2.36. The third-order valence-electron chi connectivity index (χ3n) is 7.10. The van der Waals surface area contributed by atoms with E-state index >= 15 is 0 Å². The highest BCUT2D eigenvalue weighted by atomic mass is 32.2. The Labute approximate surface area is 269 Å². The summed E-state index contributed by atoms with van der Waals surface area (Å²) in [6, 6.07) is 8.49. The van der Waals surface area contributed by atoms with E-state index in [1.165, 1.54) is 42.3 Å². The molecule has 1 aliphatic heterocycles. The Morgan fingerprint density at radius 1 is 0.978 bits per heavy atom. The minimum absolute atomic E-state index is 0.0134. The first kappa shape index (κ1) is 35.8. The zero-order valence-electron chi connectivity index (χ0n) is 27.2. The first-order valence-electron chi connectivity index (χ1n) is 14.8. The van der Waals surface area contributed by atoms with Crippen molar-refractivity contribution in [3.8, 4) is 5.75 Å². The van der Waals surface area contributed by atoms with Gasteiger partial charge in [0.15, 0.2) is 0 Å². The van der Waals surface area contributed by atoms with Crippen molar-refractivity contribution in [2.45, 2.75) is 46.5 Å². The SMILES string of the molecule is CCNC(=O)CN1C(=O)CCN(c2cc(C(=O)Nc3ccc(N(CC(=O)NCC)S(C)(=O)=O)cc3)c(OC)c(C(C)(C)C)c2)C1=O. The summed E-state index contributed by atoms with van der Waals surface area (Å²) in [4.78, 5) is 66.4. The zero-order chi connectivity index (χ0) is 34.4. The zero-order valence-corrected chi connectivity index (χ0v) is 28.0. The van der Waals surface area contributed by atoms with Crippen LogP contribution >= 0.6 is 0 Å². The van der Waals surface area contributed by atoms with E-state index < -0.39 is 58.2 Å². The smallest absolute Gasteiger partial charge is 0.331 e. The summed E-state index contributed by atoms with van der Waals surface area (Å²) in [5.74, 6) is -1.69. The maximum absolute atomic E-state index is 13.7. The van der Waals surface area contributed by atoms with Gasteiger partial charge in [-0.25, -0.2) is 13.2 Å². The van der Waals surface area contributed by atoms with E-state index in [4.69, 9.17) is 4.74 Å². The highest BCUT2D eigenvalue weighted by molar-refractivity contribution is 7.92. The molecule has 1 aliphatic rings. The van der Waals surface area contributed by atoms with Gasteiger partial charge in [-0.15, -0.1) is 0 Å². The van der Waals surface area contributed by atoms with Crippen molar-refractivity contribution >= 4 is 56.7 Å². The number of amides is 6. The van der Waals surface area contributed by atoms with Crippen LogP contribution in [0, 0.1) is 0 Å². The van der Waals surface area contributed by atoms with Gasteiger partial charge in [0, 0.05) is 43.0 Å². The summed E-state index contributed by atoms with van der Waals surface area (Å²) < 4.78 is 31.5. The molecule has 0 radical (unpaired) electrons. The predicted octanol–water partition coefficient (Wildman–Crippen LogP) is 2.44. The monoisotopic (exact) mass is 658 g/mol. The molecule has 46 heavy (non-hydrogen) atoms. The molecule has 15 heteroatoms. The number of benzene rings is 2. The van der Waals surface area contributed by atoms with Gasteiger partial charge in [-0.1, -0.05) is 20.8 Å². The molecule has 0 unspecified atom stereocenters. The summed E-state index contributed by atoms with van der Waals surface area (Å²) in [6.45, 7) is 9.15. The molecular weight excluding hydrogens is 616 g/mol. The average molecular weight is 659 g/mol. The maximum atomic E-state index is 13.7. The number of carbonyl (C=O) groups excluding carboxylic acids is 5. The number of hydrogen-bond donors (Lipinski definition) is 3. The van der Waals surface area contributed by atoms with Crippen LogP contribution in [0.25, 0.3) is 0 Å². The highest BCUT2D eigenvalue weighted by Crippen LogP contribution is 2.39. The van der Waals surface area contributed by atoms with Crippen LogP contribution in [0.1, 0.15) is 57.0 Å². The van der Waals surface area contributed by atoms with E-state index in [2.05, 4.69) is 16.0 Å². The third kappa shape index (κ3) is 8.53. The molecule has 0 aliphatic carbocycles. The number of urea groups is 1. The van der Waals surface area contributed by atoms with E-state index in [9.17, 15) is 32.4 Å². The molecule has 6 amide bonds. The van der Waals surface area contributed by atoms with Crippen molar-refractivity contribution < 1.29 is 37.1 Å². The van der Waals surface area contributed by atoms with Gasteiger partial charge in [-0.2, -0.15) is 0 Å². The number of anilines is 3. The molecule has 2 aromatic rings. The molecule has 14 nitrogen and oxygen atoms in total. The van der Waals surface area contributed by atoms with E-state index in [0.29, 0.717) is 30.0 Å². The third-order valence-corrected chi connectivity index (χ3v) is 8.25. The molecule has 0 atom stereocenters. The first-order valence-corrected chi connectivity index (χ1v) is 16.6. The van der Waals surface area contributed by atoms with Crippen LogP contribution in [0.5, 0.6) is 5.75 Å². The Hall–Kier alpha value is -4.66.